The van der Waals surface area contributed by atoms with Gasteiger partial charge in [0.05, 0.1) is 17.8 Å². The molecule has 3 heterocycles. The Bertz CT molecular complexity index is 1030. The molecule has 1 aliphatic heterocycles. The number of benzene rings is 1. The first-order valence-electron chi connectivity index (χ1n) is 10.2. The Hall–Kier alpha value is -2.66. The second-order valence-electron chi connectivity index (χ2n) is 7.91. The Morgan fingerprint density at radius 1 is 1.03 bits per heavy atom. The number of nitrogens with zero attached hydrogens (tertiary/aromatic N) is 3. The van der Waals surface area contributed by atoms with Gasteiger partial charge in [0.25, 0.3) is 0 Å². The van der Waals surface area contributed by atoms with Gasteiger partial charge in [-0.05, 0) is 93.9 Å². The van der Waals surface area contributed by atoms with E-state index in [0.717, 1.165) is 23.0 Å². The molecule has 0 aliphatic carbocycles. The van der Waals surface area contributed by atoms with Crippen LogP contribution < -0.4 is 10.2 Å². The van der Waals surface area contributed by atoms with E-state index in [1.54, 1.807) is 0 Å². The first kappa shape index (κ1) is 19.6. The lowest BCUT2D eigenvalue weighted by Crippen LogP contribution is -2.29. The molecule has 1 fully saturated rings. The van der Waals surface area contributed by atoms with E-state index in [2.05, 4.69) is 84.7 Å². The number of hydrogen-bond acceptors (Lipinski definition) is 2. The van der Waals surface area contributed by atoms with Gasteiger partial charge in [-0.1, -0.05) is 12.1 Å². The van der Waals surface area contributed by atoms with Gasteiger partial charge in [0.1, 0.15) is 0 Å². The van der Waals surface area contributed by atoms with Crippen molar-refractivity contribution in [3.63, 3.8) is 0 Å². The molecular weight excluding hydrogens is 376 g/mol. The van der Waals surface area contributed by atoms with Crippen molar-refractivity contribution >= 4 is 23.0 Å². The van der Waals surface area contributed by atoms with E-state index >= 15 is 0 Å². The number of aromatic nitrogens is 2. The van der Waals surface area contributed by atoms with Crippen molar-refractivity contribution in [2.75, 3.05) is 4.90 Å². The number of rotatable bonds is 4. The molecule has 0 radical (unpaired) electrons. The minimum atomic E-state index is -0.00433. The molecule has 150 valence electrons. The van der Waals surface area contributed by atoms with E-state index in [1.165, 1.54) is 28.1 Å². The standard InChI is InChI=1S/C24H28N4S/c1-6-27-17(4)14-20(18(27)5)23-22(21-9-7-8-10-25-21)26-24(29)28(23)19-12-15(2)11-16(3)13-19/h7-14,22-23H,6H2,1-5H3,(H,26,29)/t22-,23+/m1/s1. The van der Waals surface area contributed by atoms with Gasteiger partial charge in [0.15, 0.2) is 5.11 Å². The molecule has 1 aromatic carbocycles. The van der Waals surface area contributed by atoms with Crippen LogP contribution in [0.3, 0.4) is 0 Å². The lowest BCUT2D eigenvalue weighted by molar-refractivity contribution is 0.563. The second-order valence-corrected chi connectivity index (χ2v) is 8.30. The normalized spacial score (nSPS) is 18.9. The third kappa shape index (κ3) is 3.44. The van der Waals surface area contributed by atoms with Crippen molar-refractivity contribution in [1.29, 1.82) is 0 Å². The highest BCUT2D eigenvalue weighted by atomic mass is 32.1. The van der Waals surface area contributed by atoms with Crippen LogP contribution >= 0.6 is 12.2 Å². The lowest BCUT2D eigenvalue weighted by atomic mass is 9.96. The summed E-state index contributed by atoms with van der Waals surface area (Å²) in [6.07, 6.45) is 1.85. The van der Waals surface area contributed by atoms with Crippen molar-refractivity contribution < 1.29 is 0 Å². The van der Waals surface area contributed by atoms with Gasteiger partial charge in [0.2, 0.25) is 0 Å². The number of nitrogens with one attached hydrogen (secondary N) is 1. The van der Waals surface area contributed by atoms with Crippen molar-refractivity contribution in [3.05, 3.63) is 82.4 Å². The number of aryl methyl sites for hydroxylation is 3. The van der Waals surface area contributed by atoms with Gasteiger partial charge >= 0.3 is 0 Å². The fourth-order valence-electron chi connectivity index (χ4n) is 4.65. The summed E-state index contributed by atoms with van der Waals surface area (Å²) in [4.78, 5) is 6.93. The predicted octanol–water partition coefficient (Wildman–Crippen LogP) is 5.31. The van der Waals surface area contributed by atoms with E-state index in [0.29, 0.717) is 0 Å². The molecule has 4 rings (SSSR count). The average molecular weight is 405 g/mol. The molecule has 2 aromatic heterocycles. The molecule has 3 aromatic rings. The molecule has 0 saturated carbocycles. The number of anilines is 1. The van der Waals surface area contributed by atoms with Crippen molar-refractivity contribution in [1.82, 2.24) is 14.9 Å². The molecule has 1 N–H and O–H groups in total. The van der Waals surface area contributed by atoms with Crippen LogP contribution in [0.5, 0.6) is 0 Å². The largest absolute Gasteiger partial charge is 0.351 e. The van der Waals surface area contributed by atoms with Crippen LogP contribution in [0, 0.1) is 27.7 Å². The van der Waals surface area contributed by atoms with Gasteiger partial charge in [-0.2, -0.15) is 0 Å². The van der Waals surface area contributed by atoms with Crippen molar-refractivity contribution in [2.24, 2.45) is 0 Å². The second kappa shape index (κ2) is 7.64. The molecule has 1 saturated heterocycles. The fraction of sp³-hybridized carbons (Fsp3) is 0.333. The first-order valence-corrected chi connectivity index (χ1v) is 10.6. The van der Waals surface area contributed by atoms with Crippen LogP contribution in [0.15, 0.2) is 48.7 Å². The van der Waals surface area contributed by atoms with Crippen LogP contribution in [0.4, 0.5) is 5.69 Å². The summed E-state index contributed by atoms with van der Waals surface area (Å²) in [5, 5.41) is 4.31. The maximum atomic E-state index is 5.85. The summed E-state index contributed by atoms with van der Waals surface area (Å²) in [5.41, 5.74) is 8.47. The Morgan fingerprint density at radius 2 is 1.76 bits per heavy atom. The van der Waals surface area contributed by atoms with E-state index in [-0.39, 0.29) is 12.1 Å². The summed E-state index contributed by atoms with van der Waals surface area (Å²) in [7, 11) is 0. The summed E-state index contributed by atoms with van der Waals surface area (Å²) < 4.78 is 2.37. The molecule has 0 spiro atoms. The minimum Gasteiger partial charge on any atom is -0.351 e. The summed E-state index contributed by atoms with van der Waals surface area (Å²) in [5.74, 6) is 0. The average Bonchev–Trinajstić information content (AvgIpc) is 3.17. The highest BCUT2D eigenvalue weighted by molar-refractivity contribution is 7.80. The third-order valence-corrected chi connectivity index (χ3v) is 6.14. The van der Waals surface area contributed by atoms with Crippen LogP contribution in [-0.2, 0) is 6.54 Å². The fourth-order valence-corrected chi connectivity index (χ4v) is 5.00. The molecular formula is C24H28N4S. The topological polar surface area (TPSA) is 33.1 Å². The molecule has 2 atom stereocenters. The third-order valence-electron chi connectivity index (χ3n) is 5.83. The Kier molecular flexibility index (Phi) is 5.17. The van der Waals surface area contributed by atoms with Crippen LogP contribution in [-0.4, -0.2) is 14.7 Å². The quantitative estimate of drug-likeness (QED) is 0.597. The molecule has 4 nitrogen and oxygen atoms in total. The SMILES string of the molecule is CCn1c(C)cc([C@H]2[C@@H](c3ccccn3)NC(=S)N2c2cc(C)cc(C)c2)c1C. The van der Waals surface area contributed by atoms with Crippen LogP contribution in [0.25, 0.3) is 0 Å². The van der Waals surface area contributed by atoms with Crippen LogP contribution in [0.1, 0.15) is 52.8 Å². The zero-order valence-electron chi connectivity index (χ0n) is 17.7. The van der Waals surface area contributed by atoms with Crippen molar-refractivity contribution in [3.8, 4) is 0 Å². The van der Waals surface area contributed by atoms with Gasteiger partial charge in [-0.15, -0.1) is 0 Å². The summed E-state index contributed by atoms with van der Waals surface area (Å²) in [6, 6.07) is 15.1. The number of thiocarbonyl (C=S) groups is 1. The molecule has 0 bridgehead atoms. The highest BCUT2D eigenvalue weighted by Crippen LogP contribution is 2.43. The van der Waals surface area contributed by atoms with Gasteiger partial charge in [0, 0.05) is 29.8 Å². The number of pyridine rings is 1. The van der Waals surface area contributed by atoms with Gasteiger partial charge in [-0.25, -0.2) is 0 Å². The maximum absolute atomic E-state index is 5.85. The van der Waals surface area contributed by atoms with E-state index in [1.807, 2.05) is 18.3 Å². The predicted molar refractivity (Wildman–Crippen MR) is 123 cm³/mol. The maximum Gasteiger partial charge on any atom is 0.174 e. The summed E-state index contributed by atoms with van der Waals surface area (Å²) in [6.45, 7) is 11.8. The van der Waals surface area contributed by atoms with Crippen LogP contribution in [0.2, 0.25) is 0 Å². The number of hydrogen-bond donors (Lipinski definition) is 1. The molecule has 0 amide bonds. The smallest absolute Gasteiger partial charge is 0.174 e. The zero-order chi connectivity index (χ0) is 20.7. The van der Waals surface area contributed by atoms with E-state index in [9.17, 15) is 0 Å². The lowest BCUT2D eigenvalue weighted by Gasteiger charge is -2.28. The first-order chi connectivity index (χ1) is 13.9. The van der Waals surface area contributed by atoms with E-state index < -0.39 is 0 Å². The monoisotopic (exact) mass is 404 g/mol. The van der Waals surface area contributed by atoms with Gasteiger partial charge in [-0.3, -0.25) is 4.98 Å². The van der Waals surface area contributed by atoms with E-state index in [4.69, 9.17) is 12.2 Å². The Balaban J connectivity index is 1.91. The Morgan fingerprint density at radius 3 is 2.34 bits per heavy atom. The highest BCUT2D eigenvalue weighted by Gasteiger charge is 2.42. The molecule has 0 unspecified atom stereocenters. The van der Waals surface area contributed by atoms with Gasteiger partial charge < -0.3 is 14.8 Å². The summed E-state index contributed by atoms with van der Waals surface area (Å²) >= 11 is 5.85. The minimum absolute atomic E-state index is 0.00433. The Labute approximate surface area is 178 Å². The van der Waals surface area contributed by atoms with Crippen molar-refractivity contribution in [2.45, 2.75) is 53.2 Å². The molecule has 29 heavy (non-hydrogen) atoms. The zero-order valence-corrected chi connectivity index (χ0v) is 18.5. The molecule has 1 aliphatic rings. The molecule has 5 heteroatoms.